The number of ether oxygens (including phenoxy) is 1. The lowest BCUT2D eigenvalue weighted by Gasteiger charge is -2.21. The van der Waals surface area contributed by atoms with E-state index >= 15 is 0 Å². The van der Waals surface area contributed by atoms with Crippen LogP contribution in [0, 0.1) is 0 Å². The van der Waals surface area contributed by atoms with Crippen LogP contribution in [-0.2, 0) is 44.0 Å². The molecule has 0 bridgehead atoms. The molecule has 0 unspecified atom stereocenters. The molecule has 2 heterocycles. The number of nitrogens with zero attached hydrogens (tertiary/aromatic N) is 2. The van der Waals surface area contributed by atoms with Gasteiger partial charge in [0, 0.05) is 22.3 Å². The number of allylic oxidation sites excluding steroid dienone is 1. The molecule has 226 valence electrons. The van der Waals surface area contributed by atoms with Gasteiger partial charge < -0.3 is 14.1 Å². The van der Waals surface area contributed by atoms with Gasteiger partial charge in [0.2, 0.25) is 10.0 Å². The number of halogens is 2. The average molecular weight is 652 g/mol. The van der Waals surface area contributed by atoms with E-state index in [1.807, 2.05) is 30.3 Å². The van der Waals surface area contributed by atoms with Gasteiger partial charge in [-0.3, -0.25) is 4.79 Å². The van der Waals surface area contributed by atoms with Gasteiger partial charge in [-0.15, -0.1) is 0 Å². The number of carbonyl (C=O) groups excluding carboxylic acids is 2. The molecule has 1 aromatic heterocycles. The minimum absolute atomic E-state index is 0.0423. The monoisotopic (exact) mass is 650 g/mol. The minimum Gasteiger partial charge on any atom is -0.465 e. The zero-order chi connectivity index (χ0) is 31.4. The lowest BCUT2D eigenvalue weighted by molar-refractivity contribution is -0.136. The Kier molecular flexibility index (Phi) is 9.41. The van der Waals surface area contributed by atoms with Crippen molar-refractivity contribution in [3.63, 3.8) is 0 Å². The largest absolute Gasteiger partial charge is 0.465 e. The molecule has 11 heteroatoms. The molecule has 0 aliphatic carbocycles. The number of hydrogen-bond donors (Lipinski definition) is 0. The van der Waals surface area contributed by atoms with E-state index in [-0.39, 0.29) is 47.3 Å². The topological polar surface area (TPSA) is 97.1 Å². The highest BCUT2D eigenvalue weighted by Crippen LogP contribution is 2.33. The number of furan rings is 1. The maximum Gasteiger partial charge on any atom is 0.340 e. The summed E-state index contributed by atoms with van der Waals surface area (Å²) >= 11 is 12.0. The van der Waals surface area contributed by atoms with Gasteiger partial charge in [-0.05, 0) is 72.7 Å². The molecule has 1 amide bonds. The van der Waals surface area contributed by atoms with Gasteiger partial charge in [0.1, 0.15) is 11.5 Å². The first kappa shape index (κ1) is 31.3. The summed E-state index contributed by atoms with van der Waals surface area (Å²) in [5, 5.41) is 0.945. The first-order valence-electron chi connectivity index (χ1n) is 13.5. The number of methoxy groups -OCH3 is 1. The highest BCUT2D eigenvalue weighted by Gasteiger charge is 2.37. The normalized spacial score (nSPS) is 14.6. The fourth-order valence-electron chi connectivity index (χ4n) is 4.83. The Morgan fingerprint density at radius 3 is 2.16 bits per heavy atom. The van der Waals surface area contributed by atoms with E-state index in [0.717, 1.165) is 11.1 Å². The van der Waals surface area contributed by atoms with Gasteiger partial charge >= 0.3 is 5.97 Å². The molecule has 1 aliphatic heterocycles. The molecule has 8 nitrogen and oxygen atoms in total. The van der Waals surface area contributed by atoms with Gasteiger partial charge in [0.15, 0.2) is 0 Å². The zero-order valence-electron chi connectivity index (χ0n) is 23.9. The number of rotatable bonds is 10. The van der Waals surface area contributed by atoms with E-state index in [9.17, 15) is 18.0 Å². The van der Waals surface area contributed by atoms with Crippen LogP contribution < -0.4 is 0 Å². The third kappa shape index (κ3) is 6.81. The summed E-state index contributed by atoms with van der Waals surface area (Å²) in [7, 11) is -2.72. The summed E-state index contributed by atoms with van der Waals surface area (Å²) in [4.78, 5) is 27.9. The van der Waals surface area contributed by atoms with E-state index in [4.69, 9.17) is 32.4 Å². The second-order valence-electron chi connectivity index (χ2n) is 10.0. The molecule has 44 heavy (non-hydrogen) atoms. The number of carbonyl (C=O) groups is 2. The fraction of sp³-hybridized carbons (Fsp3) is 0.152. The van der Waals surface area contributed by atoms with Crippen LogP contribution >= 0.6 is 23.2 Å². The molecule has 3 aromatic carbocycles. The summed E-state index contributed by atoms with van der Waals surface area (Å²) < 4.78 is 39.7. The molecule has 1 aliphatic rings. The second kappa shape index (κ2) is 13.2. The third-order valence-corrected chi connectivity index (χ3v) is 9.42. The van der Waals surface area contributed by atoms with Crippen molar-refractivity contribution >= 4 is 51.2 Å². The first-order valence-corrected chi connectivity index (χ1v) is 15.7. The van der Waals surface area contributed by atoms with E-state index < -0.39 is 16.0 Å². The standard InChI is InChI=1S/C33H28Cl2N2O6S/c1-22-31(33(39)42-2)30(32(38)37(22)20-23-6-4-3-5-7-23)18-27-14-15-28(43-27)21-36(19-24-8-10-25(34)11-9-24)44(40,41)29-16-12-26(35)13-17-29/h3-18H,19-21H2,1-2H3/b30-18+. The molecular weight excluding hydrogens is 623 g/mol. The van der Waals surface area contributed by atoms with Crippen molar-refractivity contribution in [3.05, 3.63) is 141 Å². The van der Waals surface area contributed by atoms with Crippen LogP contribution in [0.2, 0.25) is 10.0 Å². The molecule has 4 aromatic rings. The van der Waals surface area contributed by atoms with Crippen molar-refractivity contribution in [3.8, 4) is 0 Å². The molecule has 0 saturated heterocycles. The quantitative estimate of drug-likeness (QED) is 0.138. The first-order chi connectivity index (χ1) is 21.1. The van der Waals surface area contributed by atoms with Crippen LogP contribution in [0.3, 0.4) is 0 Å². The van der Waals surface area contributed by atoms with E-state index in [0.29, 0.717) is 21.5 Å². The van der Waals surface area contributed by atoms with Crippen LogP contribution in [-0.4, -0.2) is 36.6 Å². The predicted octanol–water partition coefficient (Wildman–Crippen LogP) is 6.85. The summed E-state index contributed by atoms with van der Waals surface area (Å²) in [5.41, 5.74) is 2.35. The van der Waals surface area contributed by atoms with E-state index in [1.165, 1.54) is 46.7 Å². The summed E-state index contributed by atoms with van der Waals surface area (Å²) in [6, 6.07) is 25.5. The Bertz CT molecular complexity index is 1850. The number of sulfonamides is 1. The molecule has 0 fully saturated rings. The van der Waals surface area contributed by atoms with Gasteiger partial charge in [-0.1, -0.05) is 65.7 Å². The molecule has 5 rings (SSSR count). The van der Waals surface area contributed by atoms with Crippen LogP contribution in [0.5, 0.6) is 0 Å². The third-order valence-electron chi connectivity index (χ3n) is 7.11. The maximum absolute atomic E-state index is 13.7. The molecule has 0 N–H and O–H groups in total. The number of amides is 1. The van der Waals surface area contributed by atoms with Crippen molar-refractivity contribution in [2.45, 2.75) is 31.5 Å². The molecule has 0 saturated carbocycles. The van der Waals surface area contributed by atoms with Crippen LogP contribution in [0.15, 0.2) is 117 Å². The maximum atomic E-state index is 13.7. The smallest absolute Gasteiger partial charge is 0.340 e. The predicted molar refractivity (Wildman–Crippen MR) is 168 cm³/mol. The highest BCUT2D eigenvalue weighted by atomic mass is 35.5. The Hall–Kier alpha value is -4.15. The van der Waals surface area contributed by atoms with Crippen LogP contribution in [0.25, 0.3) is 6.08 Å². The SMILES string of the molecule is COC(=O)C1=C(C)N(Cc2ccccc2)C(=O)/C1=C/c1ccc(CN(Cc2ccc(Cl)cc2)S(=O)(=O)c2ccc(Cl)cc2)o1. The molecular formula is C33H28Cl2N2O6S. The van der Waals surface area contributed by atoms with Crippen LogP contribution in [0.1, 0.15) is 29.6 Å². The Morgan fingerprint density at radius 2 is 1.52 bits per heavy atom. The van der Waals surface area contributed by atoms with Crippen molar-refractivity contribution in [1.82, 2.24) is 9.21 Å². The summed E-state index contributed by atoms with van der Waals surface area (Å²) in [5.74, 6) is -0.420. The van der Waals surface area contributed by atoms with Crippen LogP contribution in [0.4, 0.5) is 0 Å². The minimum atomic E-state index is -3.98. The molecule has 0 radical (unpaired) electrons. The Balaban J connectivity index is 1.45. The lowest BCUT2D eigenvalue weighted by atomic mass is 10.1. The van der Waals surface area contributed by atoms with E-state index in [1.54, 1.807) is 43.3 Å². The number of hydrogen-bond acceptors (Lipinski definition) is 6. The van der Waals surface area contributed by atoms with Gasteiger partial charge in [0.25, 0.3) is 5.91 Å². The Morgan fingerprint density at radius 1 is 0.886 bits per heavy atom. The fourth-order valence-corrected chi connectivity index (χ4v) is 6.48. The van der Waals surface area contributed by atoms with Gasteiger partial charge in [-0.25, -0.2) is 13.2 Å². The van der Waals surface area contributed by atoms with Gasteiger partial charge in [-0.2, -0.15) is 4.31 Å². The number of benzene rings is 3. The Labute approximate surface area is 265 Å². The van der Waals surface area contributed by atoms with Crippen molar-refractivity contribution in [2.24, 2.45) is 0 Å². The van der Waals surface area contributed by atoms with Gasteiger partial charge in [0.05, 0.1) is 36.2 Å². The molecule has 0 atom stereocenters. The average Bonchev–Trinajstić information content (AvgIpc) is 3.55. The second-order valence-corrected chi connectivity index (χ2v) is 12.9. The summed E-state index contributed by atoms with van der Waals surface area (Å²) in [6.45, 7) is 1.90. The number of esters is 1. The lowest BCUT2D eigenvalue weighted by Crippen LogP contribution is -2.30. The van der Waals surface area contributed by atoms with Crippen molar-refractivity contribution in [2.75, 3.05) is 7.11 Å². The molecule has 0 spiro atoms. The van der Waals surface area contributed by atoms with E-state index in [2.05, 4.69) is 0 Å². The summed E-state index contributed by atoms with van der Waals surface area (Å²) in [6.07, 6.45) is 1.48. The van der Waals surface area contributed by atoms with Crippen molar-refractivity contribution < 1.29 is 27.2 Å². The highest BCUT2D eigenvalue weighted by molar-refractivity contribution is 7.89. The zero-order valence-corrected chi connectivity index (χ0v) is 26.2. The van der Waals surface area contributed by atoms with Crippen molar-refractivity contribution in [1.29, 1.82) is 0 Å².